The molecule has 0 aromatic heterocycles. The molecule has 4 nitrogen and oxygen atoms in total. The summed E-state index contributed by atoms with van der Waals surface area (Å²) < 4.78 is 11.0. The van der Waals surface area contributed by atoms with Crippen molar-refractivity contribution in [1.82, 2.24) is 0 Å². The normalized spacial score (nSPS) is 17.3. The summed E-state index contributed by atoms with van der Waals surface area (Å²) in [5.41, 5.74) is 1.87. The van der Waals surface area contributed by atoms with Gasteiger partial charge in [0, 0.05) is 5.56 Å². The maximum absolute atomic E-state index is 12.1. The molecule has 1 aromatic carbocycles. The van der Waals surface area contributed by atoms with E-state index in [4.69, 9.17) is 9.47 Å². The maximum Gasteiger partial charge on any atom is 0.314 e. The Morgan fingerprint density at radius 1 is 1.05 bits per heavy atom. The van der Waals surface area contributed by atoms with Crippen LogP contribution in [0.5, 0.6) is 11.5 Å². The molecule has 1 aliphatic carbocycles. The van der Waals surface area contributed by atoms with Crippen LogP contribution in [0.15, 0.2) is 6.07 Å². The summed E-state index contributed by atoms with van der Waals surface area (Å²) in [6, 6.07) is 2.00. The van der Waals surface area contributed by atoms with Crippen LogP contribution in [-0.4, -0.2) is 25.3 Å². The van der Waals surface area contributed by atoms with Crippen molar-refractivity contribution in [3.63, 3.8) is 0 Å². The van der Waals surface area contributed by atoms with Gasteiger partial charge in [0.15, 0.2) is 11.5 Å². The lowest BCUT2D eigenvalue weighted by atomic mass is 9.67. The number of benzene rings is 1. The van der Waals surface area contributed by atoms with E-state index in [1.54, 1.807) is 14.2 Å². The molecule has 1 N–H and O–H groups in total. The van der Waals surface area contributed by atoms with E-state index in [0.717, 1.165) is 36.0 Å². The van der Waals surface area contributed by atoms with Crippen LogP contribution in [0, 0.1) is 13.8 Å². The van der Waals surface area contributed by atoms with E-state index in [9.17, 15) is 9.90 Å². The third kappa shape index (κ3) is 2.47. The van der Waals surface area contributed by atoms with E-state index in [1.807, 2.05) is 19.9 Å². The van der Waals surface area contributed by atoms with Crippen LogP contribution in [0.2, 0.25) is 0 Å². The minimum Gasteiger partial charge on any atom is -0.493 e. The number of hydrogen-bond donors (Lipinski definition) is 1. The van der Waals surface area contributed by atoms with E-state index < -0.39 is 11.4 Å². The van der Waals surface area contributed by atoms with Gasteiger partial charge < -0.3 is 14.6 Å². The molecule has 0 unspecified atom stereocenters. The molecule has 0 saturated heterocycles. The number of carboxylic acids is 1. The fraction of sp³-hybridized carbons (Fsp3) is 0.588. The zero-order valence-electron chi connectivity index (χ0n) is 13.3. The smallest absolute Gasteiger partial charge is 0.314 e. The van der Waals surface area contributed by atoms with Gasteiger partial charge in [-0.3, -0.25) is 4.79 Å². The van der Waals surface area contributed by atoms with E-state index in [-0.39, 0.29) is 0 Å². The van der Waals surface area contributed by atoms with Crippen molar-refractivity contribution in [3.05, 3.63) is 22.8 Å². The fourth-order valence-corrected chi connectivity index (χ4v) is 3.70. The molecule has 2 rings (SSSR count). The van der Waals surface area contributed by atoms with Crippen LogP contribution in [0.3, 0.4) is 0 Å². The largest absolute Gasteiger partial charge is 0.493 e. The first kappa shape index (κ1) is 15.7. The first-order valence-electron chi connectivity index (χ1n) is 7.44. The Labute approximate surface area is 126 Å². The van der Waals surface area contributed by atoms with Crippen LogP contribution >= 0.6 is 0 Å². The predicted octanol–water partition coefficient (Wildman–Crippen LogP) is 3.61. The highest BCUT2D eigenvalue weighted by atomic mass is 16.5. The predicted molar refractivity (Wildman–Crippen MR) is 81.4 cm³/mol. The van der Waals surface area contributed by atoms with Gasteiger partial charge in [-0.2, -0.15) is 0 Å². The standard InChI is InChI=1S/C17H24O4/c1-11-10-12(2)14(20-3)15(21-4)13(11)17(16(18)19)8-6-5-7-9-17/h10H,5-9H2,1-4H3,(H,18,19). The molecule has 0 atom stereocenters. The summed E-state index contributed by atoms with van der Waals surface area (Å²) in [5.74, 6) is 0.470. The van der Waals surface area contributed by atoms with Crippen molar-refractivity contribution >= 4 is 5.97 Å². The zero-order valence-corrected chi connectivity index (χ0v) is 13.3. The van der Waals surface area contributed by atoms with E-state index in [2.05, 4.69) is 0 Å². The van der Waals surface area contributed by atoms with Crippen LogP contribution in [0.1, 0.15) is 48.8 Å². The van der Waals surface area contributed by atoms with Crippen molar-refractivity contribution in [2.45, 2.75) is 51.4 Å². The second-order valence-corrected chi connectivity index (χ2v) is 5.90. The monoisotopic (exact) mass is 292 g/mol. The Bertz CT molecular complexity index is 542. The molecule has 21 heavy (non-hydrogen) atoms. The first-order chi connectivity index (χ1) is 9.97. The summed E-state index contributed by atoms with van der Waals surface area (Å²) in [6.45, 7) is 3.91. The Morgan fingerprint density at radius 3 is 2.10 bits per heavy atom. The molecule has 0 amide bonds. The summed E-state index contributed by atoms with van der Waals surface area (Å²) in [5, 5.41) is 9.92. The van der Waals surface area contributed by atoms with Crippen LogP contribution in [0.4, 0.5) is 0 Å². The van der Waals surface area contributed by atoms with Gasteiger partial charge in [0.1, 0.15) is 0 Å². The SMILES string of the molecule is COc1c(C)cc(C)c(C2(C(=O)O)CCCCC2)c1OC. The highest BCUT2D eigenvalue weighted by Gasteiger charge is 2.45. The number of aliphatic carboxylic acids is 1. The van der Waals surface area contributed by atoms with Crippen molar-refractivity contribution in [2.75, 3.05) is 14.2 Å². The summed E-state index contributed by atoms with van der Waals surface area (Å²) in [6.07, 6.45) is 4.28. The molecular weight excluding hydrogens is 268 g/mol. The maximum atomic E-state index is 12.1. The van der Waals surface area contributed by atoms with Gasteiger partial charge in [-0.1, -0.05) is 25.3 Å². The van der Waals surface area contributed by atoms with E-state index >= 15 is 0 Å². The van der Waals surface area contributed by atoms with Crippen molar-refractivity contribution < 1.29 is 19.4 Å². The number of aryl methyl sites for hydroxylation is 2. The highest BCUT2D eigenvalue weighted by Crippen LogP contribution is 2.49. The fourth-order valence-electron chi connectivity index (χ4n) is 3.70. The summed E-state index contributed by atoms with van der Waals surface area (Å²) in [7, 11) is 3.18. The Hall–Kier alpha value is -1.71. The molecular formula is C17H24O4. The quantitative estimate of drug-likeness (QED) is 0.921. The first-order valence-corrected chi connectivity index (χ1v) is 7.44. The van der Waals surface area contributed by atoms with E-state index in [0.29, 0.717) is 24.3 Å². The van der Waals surface area contributed by atoms with Gasteiger partial charge in [0.25, 0.3) is 0 Å². The minimum atomic E-state index is -0.853. The molecule has 0 radical (unpaired) electrons. The number of methoxy groups -OCH3 is 2. The van der Waals surface area contributed by atoms with Crippen molar-refractivity contribution in [2.24, 2.45) is 0 Å². The topological polar surface area (TPSA) is 55.8 Å². The molecule has 1 aliphatic rings. The average Bonchev–Trinajstić information content (AvgIpc) is 2.46. The lowest BCUT2D eigenvalue weighted by Crippen LogP contribution is -2.39. The van der Waals surface area contributed by atoms with Crippen LogP contribution in [0.25, 0.3) is 0 Å². The third-order valence-corrected chi connectivity index (χ3v) is 4.62. The van der Waals surface area contributed by atoms with Crippen molar-refractivity contribution in [3.8, 4) is 11.5 Å². The molecule has 1 fully saturated rings. The molecule has 116 valence electrons. The second-order valence-electron chi connectivity index (χ2n) is 5.90. The van der Waals surface area contributed by atoms with Gasteiger partial charge in [0.2, 0.25) is 0 Å². The molecule has 0 aliphatic heterocycles. The Kier molecular flexibility index (Phi) is 4.45. The summed E-state index contributed by atoms with van der Waals surface area (Å²) in [4.78, 5) is 12.1. The number of rotatable bonds is 4. The van der Waals surface area contributed by atoms with Crippen LogP contribution < -0.4 is 9.47 Å². The lowest BCUT2D eigenvalue weighted by Gasteiger charge is -2.36. The van der Waals surface area contributed by atoms with Gasteiger partial charge in [-0.05, 0) is 37.8 Å². The molecule has 0 bridgehead atoms. The second kappa shape index (κ2) is 5.96. The highest BCUT2D eigenvalue weighted by molar-refractivity contribution is 5.84. The molecule has 1 saturated carbocycles. The number of carboxylic acid groups (broad SMARTS) is 1. The van der Waals surface area contributed by atoms with Crippen LogP contribution in [-0.2, 0) is 10.2 Å². The van der Waals surface area contributed by atoms with Gasteiger partial charge >= 0.3 is 5.97 Å². The van der Waals surface area contributed by atoms with Gasteiger partial charge in [0.05, 0.1) is 19.6 Å². The molecule has 1 aromatic rings. The number of ether oxygens (including phenoxy) is 2. The number of carbonyl (C=O) groups is 1. The molecule has 0 heterocycles. The minimum absolute atomic E-state index is 0.583. The third-order valence-electron chi connectivity index (χ3n) is 4.62. The van der Waals surface area contributed by atoms with Crippen molar-refractivity contribution in [1.29, 1.82) is 0 Å². The number of hydrogen-bond acceptors (Lipinski definition) is 3. The molecule has 4 heteroatoms. The van der Waals surface area contributed by atoms with Gasteiger partial charge in [-0.25, -0.2) is 0 Å². The zero-order chi connectivity index (χ0) is 15.6. The Balaban J connectivity index is 2.73. The summed E-state index contributed by atoms with van der Waals surface area (Å²) >= 11 is 0. The van der Waals surface area contributed by atoms with E-state index in [1.165, 1.54) is 0 Å². The lowest BCUT2D eigenvalue weighted by molar-refractivity contribution is -0.145. The Morgan fingerprint density at radius 2 is 1.62 bits per heavy atom. The molecule has 0 spiro atoms. The average molecular weight is 292 g/mol. The van der Waals surface area contributed by atoms with Gasteiger partial charge in [-0.15, -0.1) is 0 Å².